The van der Waals surface area contributed by atoms with E-state index in [-0.39, 0.29) is 5.56 Å². The number of fused-ring (bicyclic) bond motifs is 1. The van der Waals surface area contributed by atoms with E-state index in [0.717, 1.165) is 24.2 Å². The molecule has 3 rings (SSSR count). The van der Waals surface area contributed by atoms with E-state index < -0.39 is 0 Å². The molecule has 4 heteroatoms. The topological polar surface area (TPSA) is 48.0 Å². The van der Waals surface area contributed by atoms with Crippen LogP contribution in [-0.2, 0) is 13.0 Å². The summed E-state index contributed by atoms with van der Waals surface area (Å²) in [6.07, 6.45) is 3.25. The SMILES string of the molecule is CCCc1nc2ccoc2c(=O)n1Cc1ccccc1. The second-order valence-electron chi connectivity index (χ2n) is 4.79. The molecule has 0 N–H and O–H groups in total. The van der Waals surface area contributed by atoms with Crippen molar-refractivity contribution in [2.24, 2.45) is 0 Å². The molecule has 0 aliphatic carbocycles. The zero-order valence-electron chi connectivity index (χ0n) is 11.4. The molecule has 0 unspecified atom stereocenters. The first-order valence-electron chi connectivity index (χ1n) is 6.80. The zero-order valence-corrected chi connectivity index (χ0v) is 11.4. The number of nitrogens with zero attached hydrogens (tertiary/aromatic N) is 2. The molecule has 0 aliphatic heterocycles. The van der Waals surface area contributed by atoms with Gasteiger partial charge in [-0.2, -0.15) is 0 Å². The molecule has 0 saturated heterocycles. The highest BCUT2D eigenvalue weighted by molar-refractivity contribution is 5.70. The molecule has 0 atom stereocenters. The molecule has 0 saturated carbocycles. The maximum Gasteiger partial charge on any atom is 0.297 e. The molecule has 20 heavy (non-hydrogen) atoms. The van der Waals surface area contributed by atoms with E-state index in [1.165, 1.54) is 6.26 Å². The minimum Gasteiger partial charge on any atom is -0.457 e. The van der Waals surface area contributed by atoms with Crippen molar-refractivity contribution < 1.29 is 4.42 Å². The number of benzene rings is 1. The average Bonchev–Trinajstić information content (AvgIpc) is 2.93. The number of rotatable bonds is 4. The molecule has 0 fully saturated rings. The van der Waals surface area contributed by atoms with Gasteiger partial charge >= 0.3 is 0 Å². The first-order chi connectivity index (χ1) is 9.79. The summed E-state index contributed by atoms with van der Waals surface area (Å²) in [6.45, 7) is 2.61. The van der Waals surface area contributed by atoms with Gasteiger partial charge in [0.05, 0.1) is 12.8 Å². The monoisotopic (exact) mass is 268 g/mol. The minimum absolute atomic E-state index is 0.104. The third-order valence-electron chi connectivity index (χ3n) is 3.30. The van der Waals surface area contributed by atoms with Crippen molar-refractivity contribution >= 4 is 11.1 Å². The summed E-state index contributed by atoms with van der Waals surface area (Å²) in [5.74, 6) is 0.815. The highest BCUT2D eigenvalue weighted by Crippen LogP contribution is 2.12. The standard InChI is InChI=1S/C16H16N2O2/c1-2-6-14-17-13-9-10-20-15(13)16(19)18(14)11-12-7-4-3-5-8-12/h3-5,7-10H,2,6,11H2,1H3. The Morgan fingerprint density at radius 1 is 1.20 bits per heavy atom. The molecule has 3 aromatic rings. The lowest BCUT2D eigenvalue weighted by Crippen LogP contribution is -2.25. The van der Waals surface area contributed by atoms with Crippen molar-refractivity contribution in [3.05, 3.63) is 64.4 Å². The molecule has 4 nitrogen and oxygen atoms in total. The Balaban J connectivity index is 2.14. The largest absolute Gasteiger partial charge is 0.457 e. The molecule has 0 spiro atoms. The maximum absolute atomic E-state index is 12.5. The fourth-order valence-electron chi connectivity index (χ4n) is 2.33. The molecule has 0 radical (unpaired) electrons. The van der Waals surface area contributed by atoms with E-state index in [2.05, 4.69) is 11.9 Å². The van der Waals surface area contributed by atoms with Gasteiger partial charge in [-0.15, -0.1) is 0 Å². The van der Waals surface area contributed by atoms with Crippen molar-refractivity contribution in [2.45, 2.75) is 26.3 Å². The van der Waals surface area contributed by atoms with Gasteiger partial charge in [-0.1, -0.05) is 37.3 Å². The van der Waals surface area contributed by atoms with Crippen LogP contribution in [0.4, 0.5) is 0 Å². The lowest BCUT2D eigenvalue weighted by atomic mass is 10.2. The van der Waals surface area contributed by atoms with Gasteiger partial charge in [0.2, 0.25) is 5.58 Å². The van der Waals surface area contributed by atoms with Crippen molar-refractivity contribution in [3.63, 3.8) is 0 Å². The van der Waals surface area contributed by atoms with Gasteiger partial charge < -0.3 is 4.42 Å². The lowest BCUT2D eigenvalue weighted by Gasteiger charge is -2.11. The van der Waals surface area contributed by atoms with E-state index in [1.807, 2.05) is 30.3 Å². The van der Waals surface area contributed by atoms with Gasteiger partial charge in [0.25, 0.3) is 5.56 Å². The third kappa shape index (κ3) is 2.25. The van der Waals surface area contributed by atoms with Crippen LogP contribution < -0.4 is 5.56 Å². The third-order valence-corrected chi connectivity index (χ3v) is 3.30. The molecular weight excluding hydrogens is 252 g/mol. The number of aromatic nitrogens is 2. The molecule has 102 valence electrons. The van der Waals surface area contributed by atoms with Crippen LogP contribution in [-0.4, -0.2) is 9.55 Å². The Kier molecular flexibility index (Phi) is 3.37. The van der Waals surface area contributed by atoms with Crippen LogP contribution in [0.3, 0.4) is 0 Å². The number of hydrogen-bond acceptors (Lipinski definition) is 3. The summed E-state index contributed by atoms with van der Waals surface area (Å²) in [5, 5.41) is 0. The van der Waals surface area contributed by atoms with E-state index in [4.69, 9.17) is 4.42 Å². The van der Waals surface area contributed by atoms with Gasteiger partial charge in [-0.25, -0.2) is 4.98 Å². The molecule has 2 aromatic heterocycles. The smallest absolute Gasteiger partial charge is 0.297 e. The van der Waals surface area contributed by atoms with E-state index >= 15 is 0 Å². The summed E-state index contributed by atoms with van der Waals surface area (Å²) in [4.78, 5) is 17.1. The highest BCUT2D eigenvalue weighted by atomic mass is 16.3. The number of hydrogen-bond donors (Lipinski definition) is 0. The van der Waals surface area contributed by atoms with E-state index in [9.17, 15) is 4.79 Å². The second-order valence-corrected chi connectivity index (χ2v) is 4.79. The van der Waals surface area contributed by atoms with Crippen molar-refractivity contribution in [1.82, 2.24) is 9.55 Å². The fraction of sp³-hybridized carbons (Fsp3) is 0.250. The summed E-state index contributed by atoms with van der Waals surface area (Å²) in [5.41, 5.74) is 1.95. The van der Waals surface area contributed by atoms with Crippen molar-refractivity contribution in [3.8, 4) is 0 Å². The van der Waals surface area contributed by atoms with Gasteiger partial charge in [-0.3, -0.25) is 9.36 Å². The van der Waals surface area contributed by atoms with Gasteiger partial charge in [-0.05, 0) is 12.0 Å². The first kappa shape index (κ1) is 12.7. The minimum atomic E-state index is -0.104. The van der Waals surface area contributed by atoms with E-state index in [0.29, 0.717) is 17.6 Å². The highest BCUT2D eigenvalue weighted by Gasteiger charge is 2.12. The van der Waals surface area contributed by atoms with Crippen molar-refractivity contribution in [2.75, 3.05) is 0 Å². The first-order valence-corrected chi connectivity index (χ1v) is 6.80. The summed E-state index contributed by atoms with van der Waals surface area (Å²) in [6, 6.07) is 11.7. The van der Waals surface area contributed by atoms with E-state index in [1.54, 1.807) is 10.6 Å². The Bertz CT molecular complexity index is 772. The number of aryl methyl sites for hydroxylation is 1. The van der Waals surface area contributed by atoms with Crippen LogP contribution in [0.15, 0.2) is 51.9 Å². The maximum atomic E-state index is 12.5. The van der Waals surface area contributed by atoms with Crippen LogP contribution in [0.1, 0.15) is 24.7 Å². The van der Waals surface area contributed by atoms with Gasteiger partial charge in [0.15, 0.2) is 0 Å². The molecule has 0 bridgehead atoms. The fourth-order valence-corrected chi connectivity index (χ4v) is 2.33. The van der Waals surface area contributed by atoms with Crippen LogP contribution in [0.2, 0.25) is 0 Å². The quantitative estimate of drug-likeness (QED) is 0.730. The predicted molar refractivity (Wildman–Crippen MR) is 77.8 cm³/mol. The molecule has 2 heterocycles. The summed E-state index contributed by atoms with van der Waals surface area (Å²) in [7, 11) is 0. The number of furan rings is 1. The predicted octanol–water partition coefficient (Wildman–Crippen LogP) is 2.99. The Morgan fingerprint density at radius 2 is 2.00 bits per heavy atom. The summed E-state index contributed by atoms with van der Waals surface area (Å²) >= 11 is 0. The molecule has 1 aromatic carbocycles. The average molecular weight is 268 g/mol. The normalized spacial score (nSPS) is 11.1. The zero-order chi connectivity index (χ0) is 13.9. The molecular formula is C16H16N2O2. The lowest BCUT2D eigenvalue weighted by molar-refractivity contribution is 0.590. The van der Waals surface area contributed by atoms with Gasteiger partial charge in [0.1, 0.15) is 11.3 Å². The second kappa shape index (κ2) is 5.33. The van der Waals surface area contributed by atoms with Crippen molar-refractivity contribution in [1.29, 1.82) is 0 Å². The van der Waals surface area contributed by atoms with Gasteiger partial charge in [0, 0.05) is 12.5 Å². The summed E-state index contributed by atoms with van der Waals surface area (Å²) < 4.78 is 6.98. The molecule has 0 amide bonds. The Labute approximate surface area is 116 Å². The van der Waals surface area contributed by atoms with Crippen LogP contribution in [0, 0.1) is 0 Å². The Hall–Kier alpha value is -2.36. The van der Waals surface area contributed by atoms with Crippen LogP contribution >= 0.6 is 0 Å². The van der Waals surface area contributed by atoms with Crippen LogP contribution in [0.25, 0.3) is 11.1 Å². The molecule has 0 aliphatic rings. The van der Waals surface area contributed by atoms with Crippen LogP contribution in [0.5, 0.6) is 0 Å². The Morgan fingerprint density at radius 3 is 2.75 bits per heavy atom.